The summed E-state index contributed by atoms with van der Waals surface area (Å²) in [6.07, 6.45) is 0.973. The topological polar surface area (TPSA) is 45.2 Å². The van der Waals surface area contributed by atoms with Crippen molar-refractivity contribution in [2.24, 2.45) is 5.92 Å². The Balaban J connectivity index is 2.90. The summed E-state index contributed by atoms with van der Waals surface area (Å²) in [7, 11) is 1.83. The van der Waals surface area contributed by atoms with Crippen molar-refractivity contribution in [3.05, 3.63) is 22.8 Å². The zero-order chi connectivity index (χ0) is 15.3. The van der Waals surface area contributed by atoms with Crippen molar-refractivity contribution in [3.63, 3.8) is 0 Å². The van der Waals surface area contributed by atoms with E-state index < -0.39 is 0 Å². The van der Waals surface area contributed by atoms with E-state index in [1.165, 1.54) is 0 Å². The Kier molecular flexibility index (Phi) is 6.27. The van der Waals surface area contributed by atoms with Gasteiger partial charge in [0.25, 0.3) is 5.91 Å². The fourth-order valence-corrected chi connectivity index (χ4v) is 2.34. The average Bonchev–Trinajstić information content (AvgIpc) is 2.35. The number of nitrogens with zero attached hydrogens (tertiary/aromatic N) is 2. The smallest absolute Gasteiger partial charge is 0.254 e. The van der Waals surface area contributed by atoms with Crippen LogP contribution in [0.3, 0.4) is 0 Å². The molecule has 0 spiro atoms. The first-order chi connectivity index (χ1) is 9.35. The molecule has 1 atom stereocenters. The Labute approximate surface area is 126 Å². The molecule has 0 aliphatic heterocycles. The van der Waals surface area contributed by atoms with Crippen LogP contribution in [0.2, 0.25) is 5.15 Å². The third-order valence-corrected chi connectivity index (χ3v) is 3.39. The third kappa shape index (κ3) is 4.67. The number of rotatable bonds is 6. The minimum Gasteiger partial charge on any atom is -0.370 e. The van der Waals surface area contributed by atoms with Gasteiger partial charge in [-0.1, -0.05) is 25.4 Å². The zero-order valence-electron chi connectivity index (χ0n) is 12.9. The molecule has 0 saturated carbocycles. The lowest BCUT2D eigenvalue weighted by Crippen LogP contribution is -2.36. The summed E-state index contributed by atoms with van der Waals surface area (Å²) < 4.78 is 0. The van der Waals surface area contributed by atoms with Crippen LogP contribution in [-0.2, 0) is 0 Å². The van der Waals surface area contributed by atoms with Crippen molar-refractivity contribution in [1.82, 2.24) is 9.88 Å². The van der Waals surface area contributed by atoms with Gasteiger partial charge in [-0.05, 0) is 38.3 Å². The number of pyridine rings is 1. The highest BCUT2D eigenvalue weighted by Gasteiger charge is 2.19. The summed E-state index contributed by atoms with van der Waals surface area (Å²) in [4.78, 5) is 18.4. The van der Waals surface area contributed by atoms with Crippen molar-refractivity contribution in [2.45, 2.75) is 40.2 Å². The van der Waals surface area contributed by atoms with Gasteiger partial charge in [-0.2, -0.15) is 0 Å². The lowest BCUT2D eigenvalue weighted by molar-refractivity contribution is 0.0728. The molecule has 0 aliphatic rings. The maximum atomic E-state index is 12.5. The molecule has 1 N–H and O–H groups in total. The van der Waals surface area contributed by atoms with Crippen LogP contribution in [0.25, 0.3) is 0 Å². The second kappa shape index (κ2) is 7.48. The van der Waals surface area contributed by atoms with Gasteiger partial charge in [0.05, 0.1) is 0 Å². The van der Waals surface area contributed by atoms with Gasteiger partial charge in [0.1, 0.15) is 11.0 Å². The molecule has 1 rings (SSSR count). The van der Waals surface area contributed by atoms with E-state index in [2.05, 4.69) is 31.1 Å². The minimum atomic E-state index is -0.0263. The molecule has 20 heavy (non-hydrogen) atoms. The van der Waals surface area contributed by atoms with Gasteiger partial charge in [0.2, 0.25) is 0 Å². The van der Waals surface area contributed by atoms with Crippen LogP contribution in [0.15, 0.2) is 12.1 Å². The Bertz CT molecular complexity index is 462. The molecular formula is C15H24ClN3O. The van der Waals surface area contributed by atoms with Crippen LogP contribution < -0.4 is 5.32 Å². The highest BCUT2D eigenvalue weighted by molar-refractivity contribution is 6.29. The van der Waals surface area contributed by atoms with Crippen LogP contribution >= 0.6 is 11.6 Å². The first-order valence-electron chi connectivity index (χ1n) is 7.03. The van der Waals surface area contributed by atoms with Crippen LogP contribution in [-0.4, -0.2) is 35.4 Å². The second-order valence-corrected chi connectivity index (χ2v) is 5.88. The van der Waals surface area contributed by atoms with Crippen molar-refractivity contribution >= 4 is 23.3 Å². The highest BCUT2D eigenvalue weighted by Crippen LogP contribution is 2.18. The normalized spacial score (nSPS) is 12.3. The van der Waals surface area contributed by atoms with Crippen molar-refractivity contribution in [2.75, 3.05) is 18.9 Å². The van der Waals surface area contributed by atoms with Gasteiger partial charge in [-0.15, -0.1) is 0 Å². The number of carbonyl (C=O) groups excluding carboxylic acids is 1. The van der Waals surface area contributed by atoms with Crippen LogP contribution in [0.1, 0.15) is 44.5 Å². The van der Waals surface area contributed by atoms with E-state index in [-0.39, 0.29) is 11.9 Å². The van der Waals surface area contributed by atoms with Gasteiger partial charge in [-0.25, -0.2) is 4.98 Å². The molecule has 1 unspecified atom stereocenters. The van der Waals surface area contributed by atoms with Crippen LogP contribution in [0.4, 0.5) is 5.82 Å². The third-order valence-electron chi connectivity index (χ3n) is 3.19. The Morgan fingerprint density at radius 2 is 2.05 bits per heavy atom. The number of anilines is 1. The molecule has 1 aromatic heterocycles. The quantitative estimate of drug-likeness (QED) is 0.815. The number of hydrogen-bond acceptors (Lipinski definition) is 3. The van der Waals surface area contributed by atoms with Gasteiger partial charge in [-0.3, -0.25) is 4.79 Å². The van der Waals surface area contributed by atoms with Crippen molar-refractivity contribution in [3.8, 4) is 0 Å². The van der Waals surface area contributed by atoms with Gasteiger partial charge < -0.3 is 10.2 Å². The van der Waals surface area contributed by atoms with E-state index in [9.17, 15) is 4.79 Å². The summed E-state index contributed by atoms with van der Waals surface area (Å²) >= 11 is 5.98. The highest BCUT2D eigenvalue weighted by atomic mass is 35.5. The fraction of sp³-hybridized carbons (Fsp3) is 0.600. The number of nitrogens with one attached hydrogen (secondary N) is 1. The average molecular weight is 298 g/mol. The van der Waals surface area contributed by atoms with Crippen LogP contribution in [0, 0.1) is 5.92 Å². The van der Waals surface area contributed by atoms with E-state index in [1.54, 1.807) is 17.0 Å². The summed E-state index contributed by atoms with van der Waals surface area (Å²) in [6, 6.07) is 3.55. The first kappa shape index (κ1) is 16.8. The molecule has 1 amide bonds. The number of carbonyl (C=O) groups is 1. The van der Waals surface area contributed by atoms with E-state index in [1.807, 2.05) is 14.0 Å². The van der Waals surface area contributed by atoms with Gasteiger partial charge in [0.15, 0.2) is 0 Å². The SMILES string of the molecule is CCNc1cc(C(=O)N(C)C(C)CC(C)C)cc(Cl)n1. The van der Waals surface area contributed by atoms with E-state index in [0.29, 0.717) is 22.5 Å². The maximum Gasteiger partial charge on any atom is 0.254 e. The molecule has 1 aromatic rings. The number of aromatic nitrogens is 1. The lowest BCUT2D eigenvalue weighted by atomic mass is 10.0. The molecule has 4 nitrogen and oxygen atoms in total. The molecule has 112 valence electrons. The number of amides is 1. The largest absolute Gasteiger partial charge is 0.370 e. The molecule has 0 bridgehead atoms. The summed E-state index contributed by atoms with van der Waals surface area (Å²) in [6.45, 7) is 9.08. The van der Waals surface area contributed by atoms with Crippen molar-refractivity contribution < 1.29 is 4.79 Å². The molecule has 0 aliphatic carbocycles. The predicted molar refractivity (Wildman–Crippen MR) is 84.4 cm³/mol. The molecule has 0 aromatic carbocycles. The maximum absolute atomic E-state index is 12.5. The Morgan fingerprint density at radius 3 is 2.60 bits per heavy atom. The number of hydrogen-bond donors (Lipinski definition) is 1. The van der Waals surface area contributed by atoms with Gasteiger partial charge >= 0.3 is 0 Å². The Hall–Kier alpha value is -1.29. The molecular weight excluding hydrogens is 274 g/mol. The molecule has 0 saturated heterocycles. The first-order valence-corrected chi connectivity index (χ1v) is 7.41. The number of halogens is 1. The van der Waals surface area contributed by atoms with Crippen molar-refractivity contribution in [1.29, 1.82) is 0 Å². The summed E-state index contributed by atoms with van der Waals surface area (Å²) in [5, 5.41) is 3.41. The molecule has 0 fully saturated rings. The van der Waals surface area contributed by atoms with Gasteiger partial charge in [0, 0.05) is 25.2 Å². The standard InChI is InChI=1S/C15H24ClN3O/c1-6-17-14-9-12(8-13(16)18-14)15(20)19(5)11(4)7-10(2)3/h8-11H,6-7H2,1-5H3,(H,17,18). The zero-order valence-corrected chi connectivity index (χ0v) is 13.7. The van der Waals surface area contributed by atoms with E-state index >= 15 is 0 Å². The lowest BCUT2D eigenvalue weighted by Gasteiger charge is -2.26. The summed E-state index contributed by atoms with van der Waals surface area (Å²) in [5.41, 5.74) is 0.569. The summed E-state index contributed by atoms with van der Waals surface area (Å²) in [5.74, 6) is 1.16. The van der Waals surface area contributed by atoms with Crippen LogP contribution in [0.5, 0.6) is 0 Å². The van der Waals surface area contributed by atoms with E-state index in [4.69, 9.17) is 11.6 Å². The minimum absolute atomic E-state index is 0.0263. The molecule has 1 heterocycles. The monoisotopic (exact) mass is 297 g/mol. The Morgan fingerprint density at radius 1 is 1.40 bits per heavy atom. The molecule has 5 heteroatoms. The molecule has 0 radical (unpaired) electrons. The fourth-order valence-electron chi connectivity index (χ4n) is 2.14. The predicted octanol–water partition coefficient (Wildman–Crippen LogP) is 3.67. The second-order valence-electron chi connectivity index (χ2n) is 5.49. The van der Waals surface area contributed by atoms with E-state index in [0.717, 1.165) is 13.0 Å².